The highest BCUT2D eigenvalue weighted by Crippen LogP contribution is 2.47. The number of carboxylic acid groups (broad SMARTS) is 1. The van der Waals surface area contributed by atoms with Gasteiger partial charge in [-0.1, -0.05) is 66.7 Å². The molecule has 0 spiro atoms. The predicted octanol–water partition coefficient (Wildman–Crippen LogP) is 3.38. The molecule has 170 valence electrons. The Kier molecular flexibility index (Phi) is 6.55. The highest BCUT2D eigenvalue weighted by atomic mass is 32.2. The van der Waals surface area contributed by atoms with Gasteiger partial charge in [0.15, 0.2) is 0 Å². The number of aliphatic carboxylic acids is 1. The van der Waals surface area contributed by atoms with Crippen molar-refractivity contribution in [2.24, 2.45) is 0 Å². The third-order valence-electron chi connectivity index (χ3n) is 5.46. The smallest absolute Gasteiger partial charge is 0.342 e. The van der Waals surface area contributed by atoms with Crippen molar-refractivity contribution in [2.45, 2.75) is 15.8 Å². The number of carboxylic acids is 1. The number of thioether (sulfide) groups is 1. The molecule has 1 aliphatic heterocycles. The summed E-state index contributed by atoms with van der Waals surface area (Å²) in [5.74, 6) is -1.41. The lowest BCUT2D eigenvalue weighted by atomic mass is 9.97. The van der Waals surface area contributed by atoms with Crippen LogP contribution in [0.1, 0.15) is 22.0 Å². The van der Waals surface area contributed by atoms with Gasteiger partial charge >= 0.3 is 5.97 Å². The lowest BCUT2D eigenvalue weighted by Gasteiger charge is -2.40. The number of benzene rings is 3. The molecule has 2 atom stereocenters. The van der Waals surface area contributed by atoms with Gasteiger partial charge in [-0.05, 0) is 29.8 Å². The second-order valence-electron chi connectivity index (χ2n) is 7.45. The minimum absolute atomic E-state index is 0.00963. The van der Waals surface area contributed by atoms with Crippen LogP contribution in [0.2, 0.25) is 0 Å². The molecule has 0 aromatic heterocycles. The van der Waals surface area contributed by atoms with Gasteiger partial charge in [0.05, 0.1) is 10.9 Å². The van der Waals surface area contributed by atoms with Crippen LogP contribution in [0.25, 0.3) is 0 Å². The van der Waals surface area contributed by atoms with E-state index in [1.54, 1.807) is 78.9 Å². The third-order valence-corrected chi connectivity index (χ3v) is 8.36. The van der Waals surface area contributed by atoms with E-state index in [1.165, 1.54) is 17.0 Å². The number of hydrogen-bond donors (Lipinski definition) is 2. The second-order valence-corrected chi connectivity index (χ2v) is 10.5. The maximum absolute atomic E-state index is 13.4. The van der Waals surface area contributed by atoms with Crippen molar-refractivity contribution in [2.75, 3.05) is 12.3 Å². The summed E-state index contributed by atoms with van der Waals surface area (Å²) in [7, 11) is -4.10. The fraction of sp³-hybridized carbons (Fsp3) is 0.167. The van der Waals surface area contributed by atoms with Crippen LogP contribution in [0.3, 0.4) is 0 Å². The molecule has 9 heteroatoms. The minimum atomic E-state index is -4.10. The van der Waals surface area contributed by atoms with Crippen molar-refractivity contribution < 1.29 is 23.1 Å². The number of hydrogen-bond acceptors (Lipinski definition) is 5. The molecule has 0 bridgehead atoms. The molecule has 4 rings (SSSR count). The summed E-state index contributed by atoms with van der Waals surface area (Å²) in [6.07, 6.45) is 0. The van der Waals surface area contributed by atoms with Crippen LogP contribution in [0.4, 0.5) is 0 Å². The van der Waals surface area contributed by atoms with E-state index in [0.717, 1.165) is 11.8 Å². The summed E-state index contributed by atoms with van der Waals surface area (Å²) in [4.78, 5) is 25.7. The topological polar surface area (TPSA) is 104 Å². The van der Waals surface area contributed by atoms with E-state index in [2.05, 4.69) is 4.72 Å². The molecular weight excluding hydrogens is 460 g/mol. The molecule has 3 aromatic carbocycles. The summed E-state index contributed by atoms with van der Waals surface area (Å²) < 4.78 is 29.1. The molecule has 1 heterocycles. The molecule has 1 amide bonds. The Balaban J connectivity index is 1.84. The molecule has 2 unspecified atom stereocenters. The summed E-state index contributed by atoms with van der Waals surface area (Å²) in [5.41, 5.74) is 0.781. The van der Waals surface area contributed by atoms with Crippen molar-refractivity contribution >= 4 is 33.7 Å². The largest absolute Gasteiger partial charge is 0.479 e. The van der Waals surface area contributed by atoms with Crippen molar-refractivity contribution in [3.05, 3.63) is 102 Å². The zero-order valence-corrected chi connectivity index (χ0v) is 19.1. The van der Waals surface area contributed by atoms with E-state index in [1.807, 2.05) is 0 Å². The number of carbonyl (C=O) groups is 2. The van der Waals surface area contributed by atoms with Gasteiger partial charge in [0.1, 0.15) is 0 Å². The molecule has 7 nitrogen and oxygen atoms in total. The molecule has 1 fully saturated rings. The van der Waals surface area contributed by atoms with Crippen LogP contribution in [-0.4, -0.2) is 47.5 Å². The van der Waals surface area contributed by atoms with Crippen LogP contribution < -0.4 is 4.72 Å². The zero-order valence-electron chi connectivity index (χ0n) is 17.5. The Morgan fingerprint density at radius 2 is 1.45 bits per heavy atom. The van der Waals surface area contributed by atoms with Gasteiger partial charge < -0.3 is 10.0 Å². The monoisotopic (exact) mass is 482 g/mol. The highest BCUT2D eigenvalue weighted by Gasteiger charge is 2.58. The van der Waals surface area contributed by atoms with Crippen molar-refractivity contribution in [3.8, 4) is 0 Å². The molecule has 0 aliphatic carbocycles. The molecule has 0 saturated carbocycles. The van der Waals surface area contributed by atoms with Crippen molar-refractivity contribution in [1.29, 1.82) is 0 Å². The Morgan fingerprint density at radius 1 is 0.909 bits per heavy atom. The Bertz CT molecular complexity index is 1240. The summed E-state index contributed by atoms with van der Waals surface area (Å²) >= 11 is 1.05. The van der Waals surface area contributed by atoms with Gasteiger partial charge in [-0.25, -0.2) is 13.2 Å². The maximum atomic E-state index is 13.4. The fourth-order valence-electron chi connectivity index (χ4n) is 3.91. The van der Waals surface area contributed by atoms with Gasteiger partial charge in [0, 0.05) is 17.9 Å². The third kappa shape index (κ3) is 4.39. The van der Waals surface area contributed by atoms with Crippen molar-refractivity contribution in [3.63, 3.8) is 0 Å². The number of rotatable bonds is 7. The first-order valence-electron chi connectivity index (χ1n) is 10.2. The van der Waals surface area contributed by atoms with E-state index < -0.39 is 32.8 Å². The number of nitrogens with one attached hydrogen (secondary N) is 1. The van der Waals surface area contributed by atoms with Crippen LogP contribution >= 0.6 is 11.8 Å². The van der Waals surface area contributed by atoms with Crippen LogP contribution in [0.5, 0.6) is 0 Å². The zero-order chi connectivity index (χ0) is 23.5. The van der Waals surface area contributed by atoms with Crippen LogP contribution in [-0.2, 0) is 14.8 Å². The first-order valence-corrected chi connectivity index (χ1v) is 12.7. The van der Waals surface area contributed by atoms with E-state index >= 15 is 0 Å². The molecule has 1 saturated heterocycles. The first-order chi connectivity index (χ1) is 15.9. The van der Waals surface area contributed by atoms with Gasteiger partial charge in [-0.2, -0.15) is 4.72 Å². The van der Waals surface area contributed by atoms with Crippen LogP contribution in [0.15, 0.2) is 95.9 Å². The number of amides is 1. The molecule has 3 aromatic rings. The lowest BCUT2D eigenvalue weighted by Crippen LogP contribution is -2.59. The molecule has 0 radical (unpaired) electrons. The summed E-state index contributed by atoms with van der Waals surface area (Å²) in [6.45, 7) is 0.168. The quantitative estimate of drug-likeness (QED) is 0.535. The number of nitrogens with zero attached hydrogens (tertiary/aromatic N) is 1. The molecular formula is C24H22N2O5S2. The standard InChI is InChI=1S/C24H22N2O5S2/c27-22(19-12-6-2-7-13-19)26-16-17-32-24(26,23(28)29)21(18-10-4-1-5-11-18)25-33(30,31)20-14-8-3-9-15-20/h1-15,21,25H,16-17H2,(H,28,29). The van der Waals surface area contributed by atoms with Crippen molar-refractivity contribution in [1.82, 2.24) is 9.62 Å². The normalized spacial score (nSPS) is 19.2. The summed E-state index contributed by atoms with van der Waals surface area (Å²) in [5, 5.41) is 10.5. The highest BCUT2D eigenvalue weighted by molar-refractivity contribution is 8.01. The average molecular weight is 483 g/mol. The van der Waals surface area contributed by atoms with Gasteiger partial charge in [-0.15, -0.1) is 11.8 Å². The van der Waals surface area contributed by atoms with E-state index in [9.17, 15) is 23.1 Å². The second kappa shape index (κ2) is 9.38. The van der Waals surface area contributed by atoms with E-state index in [4.69, 9.17) is 0 Å². The Labute approximate surface area is 196 Å². The minimum Gasteiger partial charge on any atom is -0.479 e. The average Bonchev–Trinajstić information content (AvgIpc) is 3.30. The predicted molar refractivity (Wildman–Crippen MR) is 126 cm³/mol. The summed E-state index contributed by atoms with van der Waals surface area (Å²) in [6, 6.07) is 23.4. The number of carbonyl (C=O) groups excluding carboxylic acids is 1. The maximum Gasteiger partial charge on any atom is 0.342 e. The van der Waals surface area contributed by atoms with Crippen LogP contribution in [0, 0.1) is 0 Å². The van der Waals surface area contributed by atoms with Gasteiger partial charge in [0.2, 0.25) is 14.9 Å². The molecule has 2 N–H and O–H groups in total. The van der Waals surface area contributed by atoms with E-state index in [-0.39, 0.29) is 11.4 Å². The number of sulfonamides is 1. The Morgan fingerprint density at radius 3 is 2.03 bits per heavy atom. The fourth-order valence-corrected chi connectivity index (χ4v) is 6.65. The van der Waals surface area contributed by atoms with E-state index in [0.29, 0.717) is 16.9 Å². The lowest BCUT2D eigenvalue weighted by molar-refractivity contribution is -0.145. The van der Waals surface area contributed by atoms with Gasteiger partial charge in [0.25, 0.3) is 5.91 Å². The molecule has 33 heavy (non-hydrogen) atoms. The first kappa shape index (κ1) is 23.0. The molecule has 1 aliphatic rings. The Hall–Kier alpha value is -3.14. The van der Waals surface area contributed by atoms with Gasteiger partial charge in [-0.3, -0.25) is 4.79 Å². The SMILES string of the molecule is O=C(c1ccccc1)N1CCSC1(C(=O)O)C(NS(=O)(=O)c1ccccc1)c1ccccc1.